The molecular formula is C17H17N5. The quantitative estimate of drug-likeness (QED) is 0.634. The van der Waals surface area contributed by atoms with Crippen molar-refractivity contribution < 1.29 is 0 Å². The number of hydrogen-bond donors (Lipinski definition) is 4. The van der Waals surface area contributed by atoms with Crippen LogP contribution in [-0.2, 0) is 0 Å². The molecule has 3 atom stereocenters. The molecular weight excluding hydrogens is 274 g/mol. The first-order chi connectivity index (χ1) is 10.7. The zero-order chi connectivity index (χ0) is 15.5. The van der Waals surface area contributed by atoms with E-state index >= 15 is 0 Å². The maximum atomic E-state index is 9.08. The van der Waals surface area contributed by atoms with Crippen LogP contribution in [0.3, 0.4) is 0 Å². The van der Waals surface area contributed by atoms with Crippen LogP contribution < -0.4 is 16.4 Å². The molecule has 0 bridgehead atoms. The first-order valence-electron chi connectivity index (χ1n) is 7.09. The number of dihydropyridines is 1. The summed E-state index contributed by atoms with van der Waals surface area (Å²) < 4.78 is 0. The summed E-state index contributed by atoms with van der Waals surface area (Å²) in [6.45, 7) is 0. The minimum Gasteiger partial charge on any atom is -0.401 e. The molecule has 3 rings (SSSR count). The highest BCUT2D eigenvalue weighted by molar-refractivity contribution is 5.67. The summed E-state index contributed by atoms with van der Waals surface area (Å²) in [5.41, 5.74) is 9.41. The first kappa shape index (κ1) is 14.1. The molecule has 110 valence electrons. The Labute approximate surface area is 129 Å². The van der Waals surface area contributed by atoms with E-state index in [-0.39, 0.29) is 18.1 Å². The van der Waals surface area contributed by atoms with Crippen LogP contribution in [0.15, 0.2) is 60.0 Å². The highest BCUT2D eigenvalue weighted by atomic mass is 15.0. The Kier molecular flexibility index (Phi) is 3.77. The SMILES string of the molecule is N#Cc1cccc(C2NC=CC=C2C2C=C(N)C(C=N)N2)c1. The topological polar surface area (TPSA) is 97.7 Å². The van der Waals surface area contributed by atoms with E-state index in [9.17, 15) is 0 Å². The Bertz CT molecular complexity index is 723. The number of allylic oxidation sites excluding steroid dienone is 2. The second-order valence-electron chi connectivity index (χ2n) is 5.32. The molecule has 5 heteroatoms. The van der Waals surface area contributed by atoms with Crippen LogP contribution >= 0.6 is 0 Å². The molecule has 2 heterocycles. The molecule has 3 unspecified atom stereocenters. The van der Waals surface area contributed by atoms with Crippen molar-refractivity contribution in [3.8, 4) is 6.07 Å². The molecule has 2 aliphatic heterocycles. The Morgan fingerprint density at radius 3 is 2.95 bits per heavy atom. The van der Waals surface area contributed by atoms with Crippen LogP contribution in [0.25, 0.3) is 0 Å². The summed E-state index contributed by atoms with van der Waals surface area (Å²) in [5, 5.41) is 23.1. The first-order valence-corrected chi connectivity index (χ1v) is 7.09. The Morgan fingerprint density at radius 1 is 1.36 bits per heavy atom. The largest absolute Gasteiger partial charge is 0.401 e. The van der Waals surface area contributed by atoms with Gasteiger partial charge in [0.1, 0.15) is 0 Å². The molecule has 0 saturated heterocycles. The average Bonchev–Trinajstić information content (AvgIpc) is 2.95. The third-order valence-electron chi connectivity index (χ3n) is 3.93. The molecule has 5 nitrogen and oxygen atoms in total. The minimum atomic E-state index is -0.220. The fourth-order valence-corrected chi connectivity index (χ4v) is 2.83. The van der Waals surface area contributed by atoms with Crippen LogP contribution in [0.5, 0.6) is 0 Å². The zero-order valence-electron chi connectivity index (χ0n) is 12.0. The average molecular weight is 291 g/mol. The summed E-state index contributed by atoms with van der Waals surface area (Å²) in [7, 11) is 0. The second-order valence-corrected chi connectivity index (χ2v) is 5.32. The molecule has 2 aliphatic rings. The van der Waals surface area contributed by atoms with E-state index in [1.165, 1.54) is 6.21 Å². The highest BCUT2D eigenvalue weighted by Crippen LogP contribution is 2.30. The van der Waals surface area contributed by atoms with Crippen molar-refractivity contribution in [1.29, 1.82) is 10.7 Å². The Hall–Kier alpha value is -2.84. The van der Waals surface area contributed by atoms with Gasteiger partial charge in [-0.15, -0.1) is 0 Å². The van der Waals surface area contributed by atoms with Gasteiger partial charge in [0.2, 0.25) is 0 Å². The third kappa shape index (κ3) is 2.52. The number of nitriles is 1. The molecule has 0 aliphatic carbocycles. The lowest BCUT2D eigenvalue weighted by Gasteiger charge is -2.28. The number of benzene rings is 1. The lowest BCUT2D eigenvalue weighted by molar-refractivity contribution is 0.601. The van der Waals surface area contributed by atoms with Gasteiger partial charge in [0.25, 0.3) is 0 Å². The normalized spacial score (nSPS) is 26.6. The van der Waals surface area contributed by atoms with Crippen molar-refractivity contribution >= 4 is 6.21 Å². The molecule has 0 fully saturated rings. The summed E-state index contributed by atoms with van der Waals surface area (Å²) in [6, 6.07) is 9.47. The van der Waals surface area contributed by atoms with Crippen LogP contribution in [0.4, 0.5) is 0 Å². The molecule has 1 aromatic carbocycles. The van der Waals surface area contributed by atoms with Gasteiger partial charge in [0.05, 0.1) is 29.8 Å². The van der Waals surface area contributed by atoms with Gasteiger partial charge in [0.15, 0.2) is 0 Å². The number of nitrogens with two attached hydrogens (primary N) is 1. The minimum absolute atomic E-state index is 0.0238. The number of rotatable bonds is 3. The molecule has 5 N–H and O–H groups in total. The van der Waals surface area contributed by atoms with Crippen LogP contribution in [0.2, 0.25) is 0 Å². The van der Waals surface area contributed by atoms with Crippen molar-refractivity contribution in [3.63, 3.8) is 0 Å². The van der Waals surface area contributed by atoms with Crippen molar-refractivity contribution in [2.24, 2.45) is 5.73 Å². The molecule has 0 spiro atoms. The van der Waals surface area contributed by atoms with E-state index in [0.717, 1.165) is 11.1 Å². The van der Waals surface area contributed by atoms with Gasteiger partial charge >= 0.3 is 0 Å². The zero-order valence-corrected chi connectivity index (χ0v) is 12.0. The maximum absolute atomic E-state index is 9.08. The summed E-state index contributed by atoms with van der Waals surface area (Å²) in [6.07, 6.45) is 9.15. The smallest absolute Gasteiger partial charge is 0.0991 e. The molecule has 0 radical (unpaired) electrons. The van der Waals surface area contributed by atoms with Gasteiger partial charge in [-0.25, -0.2) is 0 Å². The summed E-state index contributed by atoms with van der Waals surface area (Å²) in [4.78, 5) is 0. The number of nitrogens with zero attached hydrogens (tertiary/aromatic N) is 1. The number of nitrogens with one attached hydrogen (secondary N) is 3. The van der Waals surface area contributed by atoms with Gasteiger partial charge in [-0.1, -0.05) is 18.2 Å². The van der Waals surface area contributed by atoms with Crippen LogP contribution in [0, 0.1) is 16.7 Å². The van der Waals surface area contributed by atoms with E-state index in [0.29, 0.717) is 11.3 Å². The van der Waals surface area contributed by atoms with E-state index in [4.69, 9.17) is 16.4 Å². The standard InChI is InChI=1S/C17H17N5/c18-9-11-3-1-4-12(7-11)17-13(5-2-6-21-17)15-8-14(20)16(10-19)22-15/h1-8,10,15-17,19,21-22H,20H2. The molecule has 1 aromatic rings. The van der Waals surface area contributed by atoms with E-state index < -0.39 is 0 Å². The van der Waals surface area contributed by atoms with Crippen LogP contribution in [0.1, 0.15) is 17.2 Å². The van der Waals surface area contributed by atoms with Gasteiger partial charge in [-0.2, -0.15) is 5.26 Å². The molecule has 0 aromatic heterocycles. The van der Waals surface area contributed by atoms with Crippen molar-refractivity contribution in [1.82, 2.24) is 10.6 Å². The highest BCUT2D eigenvalue weighted by Gasteiger charge is 2.29. The third-order valence-corrected chi connectivity index (χ3v) is 3.93. The van der Waals surface area contributed by atoms with E-state index in [1.807, 2.05) is 42.6 Å². The predicted octanol–water partition coefficient (Wildman–Crippen LogP) is 1.48. The summed E-state index contributed by atoms with van der Waals surface area (Å²) >= 11 is 0. The van der Waals surface area contributed by atoms with Crippen molar-refractivity contribution in [2.45, 2.75) is 18.1 Å². The van der Waals surface area contributed by atoms with Crippen molar-refractivity contribution in [2.75, 3.05) is 0 Å². The summed E-state index contributed by atoms with van der Waals surface area (Å²) in [5.74, 6) is 0. The molecule has 0 amide bonds. The molecule has 22 heavy (non-hydrogen) atoms. The van der Waals surface area contributed by atoms with Gasteiger partial charge in [0, 0.05) is 11.9 Å². The molecule has 0 saturated carbocycles. The van der Waals surface area contributed by atoms with Crippen LogP contribution in [-0.4, -0.2) is 18.3 Å². The van der Waals surface area contributed by atoms with Gasteiger partial charge in [-0.3, -0.25) is 5.32 Å². The second kappa shape index (κ2) is 5.88. The Morgan fingerprint density at radius 2 is 2.23 bits per heavy atom. The van der Waals surface area contributed by atoms with Gasteiger partial charge < -0.3 is 16.5 Å². The predicted molar refractivity (Wildman–Crippen MR) is 86.0 cm³/mol. The monoisotopic (exact) mass is 291 g/mol. The Balaban J connectivity index is 1.92. The maximum Gasteiger partial charge on any atom is 0.0991 e. The number of hydrogen-bond acceptors (Lipinski definition) is 5. The lowest BCUT2D eigenvalue weighted by atomic mass is 9.91. The fraction of sp³-hybridized carbons (Fsp3) is 0.176. The van der Waals surface area contributed by atoms with E-state index in [1.54, 1.807) is 6.07 Å². The van der Waals surface area contributed by atoms with Gasteiger partial charge in [-0.05, 0) is 41.6 Å². The van der Waals surface area contributed by atoms with E-state index in [2.05, 4.69) is 16.7 Å². The van der Waals surface area contributed by atoms with Crippen molar-refractivity contribution in [3.05, 3.63) is 71.1 Å². The lowest BCUT2D eigenvalue weighted by Crippen LogP contribution is -2.38. The fourth-order valence-electron chi connectivity index (χ4n) is 2.83.